The molecule has 0 amide bonds. The van der Waals surface area contributed by atoms with Crippen LogP contribution in [-0.4, -0.2) is 22.8 Å². The molecule has 0 bridgehead atoms. The lowest BCUT2D eigenvalue weighted by Gasteiger charge is -2.07. The van der Waals surface area contributed by atoms with Crippen LogP contribution in [0.2, 0.25) is 0 Å². The molecule has 0 spiro atoms. The van der Waals surface area contributed by atoms with Gasteiger partial charge in [0.1, 0.15) is 0 Å². The highest BCUT2D eigenvalue weighted by molar-refractivity contribution is 9.08. The Balaban J connectivity index is 3.09. The third-order valence-electron chi connectivity index (χ3n) is 1.84. The molecular weight excluding hydrogens is 315 g/mol. The van der Waals surface area contributed by atoms with E-state index in [0.717, 1.165) is 4.68 Å². The Bertz CT molecular complexity index is 390. The predicted molar refractivity (Wildman–Crippen MR) is 52.3 cm³/mol. The summed E-state index contributed by atoms with van der Waals surface area (Å²) in [6.07, 6.45) is -7.41. The van der Waals surface area contributed by atoms with Crippen LogP contribution < -0.4 is 4.74 Å². The zero-order valence-electron chi connectivity index (χ0n) is 8.56. The molecule has 0 aliphatic rings. The Morgan fingerprint density at radius 2 is 2.00 bits per heavy atom. The molecule has 1 aromatic heterocycles. The third kappa shape index (κ3) is 3.30. The van der Waals surface area contributed by atoms with Gasteiger partial charge in [0.25, 0.3) is 6.43 Å². The summed E-state index contributed by atoms with van der Waals surface area (Å²) in [5, 5.41) is 3.04. The molecule has 0 aromatic carbocycles. The van der Waals surface area contributed by atoms with E-state index in [9.17, 15) is 22.0 Å². The minimum atomic E-state index is -4.65. The molecular formula is C8H8BrF5N2O. The lowest BCUT2D eigenvalue weighted by molar-refractivity contribution is -0.141. The summed E-state index contributed by atoms with van der Waals surface area (Å²) in [5.74, 6) is -0.311. The molecule has 0 aliphatic carbocycles. The van der Waals surface area contributed by atoms with Crippen molar-refractivity contribution in [3.8, 4) is 5.88 Å². The van der Waals surface area contributed by atoms with Crippen molar-refractivity contribution in [1.29, 1.82) is 0 Å². The average Bonchev–Trinajstić information content (AvgIpc) is 2.51. The van der Waals surface area contributed by atoms with Gasteiger partial charge in [-0.15, -0.1) is 0 Å². The van der Waals surface area contributed by atoms with E-state index < -0.39 is 24.9 Å². The van der Waals surface area contributed by atoms with Gasteiger partial charge in [-0.3, -0.25) is 0 Å². The first-order valence-corrected chi connectivity index (χ1v) is 5.49. The standard InChI is InChI=1S/C8H8BrF5N2O/c1-16-7(17-3-5(10)11)4(2-9)6(15-16)8(12,13)14/h5H,2-3H2,1H3. The van der Waals surface area contributed by atoms with Crippen LogP contribution in [0.15, 0.2) is 0 Å². The van der Waals surface area contributed by atoms with E-state index in [1.165, 1.54) is 7.05 Å². The maximum Gasteiger partial charge on any atom is 0.435 e. The Morgan fingerprint density at radius 1 is 1.41 bits per heavy atom. The maximum absolute atomic E-state index is 12.5. The van der Waals surface area contributed by atoms with Crippen LogP contribution in [0.4, 0.5) is 22.0 Å². The quantitative estimate of drug-likeness (QED) is 0.629. The number of aryl methyl sites for hydroxylation is 1. The van der Waals surface area contributed by atoms with E-state index >= 15 is 0 Å². The smallest absolute Gasteiger partial charge is 0.435 e. The number of hydrogen-bond donors (Lipinski definition) is 0. The maximum atomic E-state index is 12.5. The molecule has 3 nitrogen and oxygen atoms in total. The molecule has 0 radical (unpaired) electrons. The molecule has 9 heteroatoms. The van der Waals surface area contributed by atoms with Crippen LogP contribution in [0, 0.1) is 0 Å². The summed E-state index contributed by atoms with van der Waals surface area (Å²) in [6, 6.07) is 0. The van der Waals surface area contributed by atoms with E-state index in [2.05, 4.69) is 25.8 Å². The highest BCUT2D eigenvalue weighted by atomic mass is 79.9. The van der Waals surface area contributed by atoms with Gasteiger partial charge in [-0.2, -0.15) is 18.3 Å². The summed E-state index contributed by atoms with van der Waals surface area (Å²) in [6.45, 7) is -0.975. The van der Waals surface area contributed by atoms with E-state index in [-0.39, 0.29) is 16.8 Å². The Hall–Kier alpha value is -0.860. The SMILES string of the molecule is Cn1nc(C(F)(F)F)c(CBr)c1OCC(F)F. The van der Waals surface area contributed by atoms with Crippen molar-refractivity contribution in [2.45, 2.75) is 17.9 Å². The molecule has 98 valence electrons. The number of nitrogens with zero attached hydrogens (tertiary/aromatic N) is 2. The molecule has 0 atom stereocenters. The van der Waals surface area contributed by atoms with E-state index in [1.54, 1.807) is 0 Å². The zero-order valence-corrected chi connectivity index (χ0v) is 10.1. The fourth-order valence-corrected chi connectivity index (χ4v) is 1.73. The lowest BCUT2D eigenvalue weighted by atomic mass is 10.2. The van der Waals surface area contributed by atoms with Gasteiger partial charge in [-0.05, 0) is 0 Å². The van der Waals surface area contributed by atoms with Crippen LogP contribution in [0.3, 0.4) is 0 Å². The first-order valence-electron chi connectivity index (χ1n) is 4.37. The third-order valence-corrected chi connectivity index (χ3v) is 2.40. The molecule has 0 N–H and O–H groups in total. The zero-order chi connectivity index (χ0) is 13.2. The summed E-state index contributed by atoms with van der Waals surface area (Å²) in [7, 11) is 1.20. The number of hydrogen-bond acceptors (Lipinski definition) is 2. The average molecular weight is 323 g/mol. The molecule has 0 fully saturated rings. The van der Waals surface area contributed by atoms with Gasteiger partial charge >= 0.3 is 6.18 Å². The Morgan fingerprint density at radius 3 is 2.41 bits per heavy atom. The fourth-order valence-electron chi connectivity index (χ4n) is 1.22. The van der Waals surface area contributed by atoms with Crippen molar-refractivity contribution in [2.24, 2.45) is 7.05 Å². The van der Waals surface area contributed by atoms with Crippen LogP contribution in [0.1, 0.15) is 11.3 Å². The number of ether oxygens (including phenoxy) is 1. The van der Waals surface area contributed by atoms with Crippen LogP contribution in [0.25, 0.3) is 0 Å². The van der Waals surface area contributed by atoms with E-state index in [1.807, 2.05) is 0 Å². The molecule has 0 aliphatic heterocycles. The van der Waals surface area contributed by atoms with Crippen molar-refractivity contribution in [3.05, 3.63) is 11.3 Å². The molecule has 1 rings (SSSR count). The van der Waals surface area contributed by atoms with Gasteiger partial charge in [-0.1, -0.05) is 15.9 Å². The normalized spacial score (nSPS) is 12.2. The lowest BCUT2D eigenvalue weighted by Crippen LogP contribution is -2.10. The van der Waals surface area contributed by atoms with Crippen molar-refractivity contribution in [1.82, 2.24) is 9.78 Å². The second-order valence-electron chi connectivity index (χ2n) is 3.09. The number of alkyl halides is 6. The van der Waals surface area contributed by atoms with Gasteiger partial charge in [0.15, 0.2) is 12.3 Å². The molecule has 1 heterocycles. The molecule has 0 saturated heterocycles. The molecule has 17 heavy (non-hydrogen) atoms. The summed E-state index contributed by atoms with van der Waals surface area (Å²) >= 11 is 2.85. The van der Waals surface area contributed by atoms with Gasteiger partial charge in [0, 0.05) is 12.4 Å². The van der Waals surface area contributed by atoms with E-state index in [0.29, 0.717) is 0 Å². The second kappa shape index (κ2) is 5.19. The number of aromatic nitrogens is 2. The summed E-state index contributed by atoms with van der Waals surface area (Å²) in [5.41, 5.74) is -1.43. The minimum absolute atomic E-state index is 0.186. The van der Waals surface area contributed by atoms with Crippen molar-refractivity contribution >= 4 is 15.9 Å². The first-order chi connectivity index (χ1) is 7.77. The summed E-state index contributed by atoms with van der Waals surface area (Å²) < 4.78 is 66.9. The largest absolute Gasteiger partial charge is 0.472 e. The highest BCUT2D eigenvalue weighted by Gasteiger charge is 2.39. The van der Waals surface area contributed by atoms with Crippen LogP contribution in [-0.2, 0) is 18.6 Å². The van der Waals surface area contributed by atoms with Gasteiger partial charge < -0.3 is 4.74 Å². The second-order valence-corrected chi connectivity index (χ2v) is 3.65. The van der Waals surface area contributed by atoms with Gasteiger partial charge in [0.05, 0.1) is 5.56 Å². The predicted octanol–water partition coefficient (Wildman–Crippen LogP) is 2.98. The van der Waals surface area contributed by atoms with E-state index in [4.69, 9.17) is 0 Å². The topological polar surface area (TPSA) is 27.1 Å². The Kier molecular flexibility index (Phi) is 4.34. The van der Waals surface area contributed by atoms with Gasteiger partial charge in [-0.25, -0.2) is 13.5 Å². The van der Waals surface area contributed by atoms with Crippen LogP contribution in [0.5, 0.6) is 5.88 Å². The monoisotopic (exact) mass is 322 g/mol. The van der Waals surface area contributed by atoms with Crippen molar-refractivity contribution < 1.29 is 26.7 Å². The molecule has 0 saturated carbocycles. The summed E-state index contributed by atoms with van der Waals surface area (Å²) in [4.78, 5) is 0. The number of rotatable bonds is 4. The first kappa shape index (κ1) is 14.2. The van der Waals surface area contributed by atoms with Crippen molar-refractivity contribution in [3.63, 3.8) is 0 Å². The minimum Gasteiger partial charge on any atom is -0.472 e. The molecule has 0 unspecified atom stereocenters. The fraction of sp³-hybridized carbons (Fsp3) is 0.625. The van der Waals surface area contributed by atoms with Gasteiger partial charge in [0.2, 0.25) is 5.88 Å². The van der Waals surface area contributed by atoms with Crippen molar-refractivity contribution in [2.75, 3.05) is 6.61 Å². The number of halogens is 6. The Labute approximate surface area is 102 Å². The highest BCUT2D eigenvalue weighted by Crippen LogP contribution is 2.36. The van der Waals surface area contributed by atoms with Crippen LogP contribution >= 0.6 is 15.9 Å². The molecule has 1 aromatic rings.